The summed E-state index contributed by atoms with van der Waals surface area (Å²) in [5, 5.41) is 0. The van der Waals surface area contributed by atoms with Crippen molar-refractivity contribution in [3.8, 4) is 0 Å². The van der Waals surface area contributed by atoms with Crippen LogP contribution in [0.2, 0.25) is 0 Å². The first-order valence-corrected chi connectivity index (χ1v) is 11.8. The Kier molecular flexibility index (Phi) is 7.44. The largest absolute Gasteiger partial charge is 0.378 e. The van der Waals surface area contributed by atoms with Gasteiger partial charge in [0.1, 0.15) is 0 Å². The van der Waals surface area contributed by atoms with Gasteiger partial charge in [0, 0.05) is 45.6 Å². The van der Waals surface area contributed by atoms with Crippen molar-refractivity contribution in [2.24, 2.45) is 4.99 Å². The monoisotopic (exact) mass is 447 g/mol. The second kappa shape index (κ2) is 10.8. The number of hydrogen-bond acceptors (Lipinski definition) is 3. The zero-order chi connectivity index (χ0) is 23.9. The number of aliphatic imine (C=N–C) groups is 1. The van der Waals surface area contributed by atoms with Crippen LogP contribution in [0, 0.1) is 0 Å². The molecule has 3 heteroatoms. The number of allylic oxidation sites excluding steroid dienone is 5. The van der Waals surface area contributed by atoms with Gasteiger partial charge in [0.05, 0.1) is 5.71 Å². The van der Waals surface area contributed by atoms with Gasteiger partial charge < -0.3 is 9.80 Å². The van der Waals surface area contributed by atoms with Gasteiger partial charge >= 0.3 is 0 Å². The lowest BCUT2D eigenvalue weighted by molar-refractivity contribution is 0.923. The fourth-order valence-corrected chi connectivity index (χ4v) is 4.17. The third kappa shape index (κ3) is 5.55. The fraction of sp³-hybridized carbons (Fsp3) is 0.194. The van der Waals surface area contributed by atoms with Crippen molar-refractivity contribution in [3.63, 3.8) is 0 Å². The van der Waals surface area contributed by atoms with Crippen LogP contribution >= 0.6 is 0 Å². The van der Waals surface area contributed by atoms with Gasteiger partial charge in [-0.2, -0.15) is 0 Å². The second-order valence-electron chi connectivity index (χ2n) is 8.73. The third-order valence-corrected chi connectivity index (χ3v) is 6.03. The average Bonchev–Trinajstić information content (AvgIpc) is 2.87. The topological polar surface area (TPSA) is 18.8 Å². The van der Waals surface area contributed by atoms with Crippen molar-refractivity contribution in [2.45, 2.75) is 13.5 Å². The average molecular weight is 448 g/mol. The Morgan fingerprint density at radius 2 is 1.24 bits per heavy atom. The van der Waals surface area contributed by atoms with Crippen molar-refractivity contribution in [1.29, 1.82) is 0 Å². The van der Waals surface area contributed by atoms with Crippen LogP contribution in [0.3, 0.4) is 0 Å². The van der Waals surface area contributed by atoms with E-state index >= 15 is 0 Å². The molecule has 0 atom stereocenters. The van der Waals surface area contributed by atoms with E-state index in [2.05, 4.69) is 146 Å². The lowest BCUT2D eigenvalue weighted by Gasteiger charge is -2.21. The highest BCUT2D eigenvalue weighted by molar-refractivity contribution is 6.07. The highest BCUT2D eigenvalue weighted by Crippen LogP contribution is 2.32. The van der Waals surface area contributed by atoms with E-state index in [1.54, 1.807) is 0 Å². The number of rotatable bonds is 7. The minimum absolute atomic E-state index is 0.792. The summed E-state index contributed by atoms with van der Waals surface area (Å²) in [6.45, 7) is 3.74. The van der Waals surface area contributed by atoms with Crippen LogP contribution in [0.25, 0.3) is 5.57 Å². The summed E-state index contributed by atoms with van der Waals surface area (Å²) in [6.07, 6.45) is 8.57. The number of benzene rings is 3. The molecule has 3 aromatic rings. The van der Waals surface area contributed by atoms with Crippen LogP contribution < -0.4 is 9.80 Å². The highest BCUT2D eigenvalue weighted by Gasteiger charge is 2.13. The standard InChI is InChI=1S/C31H33N3/c1-5-32-28-17-11-25(12-18-28)31(26-13-19-29(20-14-26)33(2)3)27-15-21-30(22-16-27)34(4)23-24-9-7-6-8-10-24/h6-22H,5,23H2,1-4H3. The second-order valence-corrected chi connectivity index (χ2v) is 8.73. The van der Waals surface area contributed by atoms with Gasteiger partial charge in [0.25, 0.3) is 0 Å². The molecule has 0 saturated carbocycles. The molecule has 3 aromatic carbocycles. The first kappa shape index (κ1) is 23.3. The van der Waals surface area contributed by atoms with E-state index in [0.717, 1.165) is 18.8 Å². The predicted molar refractivity (Wildman–Crippen MR) is 148 cm³/mol. The normalized spacial score (nSPS) is 12.6. The zero-order valence-corrected chi connectivity index (χ0v) is 20.6. The molecule has 0 aromatic heterocycles. The predicted octanol–water partition coefficient (Wildman–Crippen LogP) is 6.78. The SMILES string of the molecule is CCN=C1C=CC(=C(c2ccc(N(C)C)cc2)c2ccc(N(C)Cc3ccccc3)cc2)C=C1. The molecular formula is C31H33N3. The highest BCUT2D eigenvalue weighted by atomic mass is 15.1. The van der Waals surface area contributed by atoms with Gasteiger partial charge in [-0.15, -0.1) is 0 Å². The Morgan fingerprint density at radius 1 is 0.676 bits per heavy atom. The maximum Gasteiger partial charge on any atom is 0.0574 e. The zero-order valence-electron chi connectivity index (χ0n) is 20.6. The summed E-state index contributed by atoms with van der Waals surface area (Å²) in [5.41, 5.74) is 9.55. The molecule has 0 fully saturated rings. The molecule has 34 heavy (non-hydrogen) atoms. The van der Waals surface area contributed by atoms with Crippen LogP contribution in [0.5, 0.6) is 0 Å². The fourth-order valence-electron chi connectivity index (χ4n) is 4.17. The van der Waals surface area contributed by atoms with E-state index in [1.807, 2.05) is 0 Å². The van der Waals surface area contributed by atoms with Gasteiger partial charge in [-0.05, 0) is 71.2 Å². The van der Waals surface area contributed by atoms with Crippen molar-refractivity contribution in [2.75, 3.05) is 37.5 Å². The van der Waals surface area contributed by atoms with Crippen molar-refractivity contribution in [3.05, 3.63) is 125 Å². The van der Waals surface area contributed by atoms with Crippen molar-refractivity contribution >= 4 is 22.7 Å². The lowest BCUT2D eigenvalue weighted by Crippen LogP contribution is -2.16. The molecule has 1 aliphatic carbocycles. The molecule has 0 unspecified atom stereocenters. The molecule has 3 nitrogen and oxygen atoms in total. The smallest absolute Gasteiger partial charge is 0.0574 e. The third-order valence-electron chi connectivity index (χ3n) is 6.03. The number of hydrogen-bond donors (Lipinski definition) is 0. The van der Waals surface area contributed by atoms with Gasteiger partial charge in [-0.1, -0.05) is 66.7 Å². The Morgan fingerprint density at radius 3 is 1.76 bits per heavy atom. The van der Waals surface area contributed by atoms with Crippen LogP contribution in [0.4, 0.5) is 11.4 Å². The van der Waals surface area contributed by atoms with E-state index < -0.39 is 0 Å². The van der Waals surface area contributed by atoms with Crippen LogP contribution in [-0.4, -0.2) is 33.4 Å². The first-order chi connectivity index (χ1) is 16.5. The Bertz CT molecular complexity index is 1190. The molecule has 0 bridgehead atoms. The van der Waals surface area contributed by atoms with E-state index in [-0.39, 0.29) is 0 Å². The molecule has 4 rings (SSSR count). The molecule has 0 aliphatic heterocycles. The quantitative estimate of drug-likeness (QED) is 0.398. The number of anilines is 2. The van der Waals surface area contributed by atoms with Gasteiger partial charge in [0.2, 0.25) is 0 Å². The van der Waals surface area contributed by atoms with E-state index in [9.17, 15) is 0 Å². The van der Waals surface area contributed by atoms with Crippen molar-refractivity contribution in [1.82, 2.24) is 0 Å². The van der Waals surface area contributed by atoms with E-state index in [1.165, 1.54) is 39.2 Å². The Labute approximate surface area is 204 Å². The Balaban J connectivity index is 1.68. The molecule has 1 aliphatic rings. The van der Waals surface area contributed by atoms with Gasteiger partial charge in [-0.25, -0.2) is 0 Å². The van der Waals surface area contributed by atoms with Crippen LogP contribution in [-0.2, 0) is 6.54 Å². The number of nitrogens with zero attached hydrogens (tertiary/aromatic N) is 3. The maximum absolute atomic E-state index is 4.53. The van der Waals surface area contributed by atoms with Crippen molar-refractivity contribution < 1.29 is 0 Å². The minimum Gasteiger partial charge on any atom is -0.378 e. The maximum atomic E-state index is 4.53. The molecular weight excluding hydrogens is 414 g/mol. The molecule has 0 N–H and O–H groups in total. The summed E-state index contributed by atoms with van der Waals surface area (Å²) < 4.78 is 0. The van der Waals surface area contributed by atoms with Crippen LogP contribution in [0.15, 0.2) is 114 Å². The van der Waals surface area contributed by atoms with Crippen LogP contribution in [0.1, 0.15) is 23.6 Å². The first-order valence-electron chi connectivity index (χ1n) is 11.8. The van der Waals surface area contributed by atoms with Gasteiger partial charge in [0.15, 0.2) is 0 Å². The molecule has 0 spiro atoms. The summed E-state index contributed by atoms with van der Waals surface area (Å²) in [5.74, 6) is 0. The van der Waals surface area contributed by atoms with E-state index in [4.69, 9.17) is 0 Å². The summed E-state index contributed by atoms with van der Waals surface area (Å²) in [7, 11) is 6.28. The lowest BCUT2D eigenvalue weighted by atomic mass is 9.90. The summed E-state index contributed by atoms with van der Waals surface area (Å²) in [6, 6.07) is 28.3. The summed E-state index contributed by atoms with van der Waals surface area (Å²) in [4.78, 5) is 8.94. The Hall–Kier alpha value is -3.85. The van der Waals surface area contributed by atoms with Gasteiger partial charge in [-0.3, -0.25) is 4.99 Å². The molecule has 0 heterocycles. The molecule has 172 valence electrons. The molecule has 0 saturated heterocycles. The summed E-state index contributed by atoms with van der Waals surface area (Å²) >= 11 is 0. The van der Waals surface area contributed by atoms with E-state index in [0.29, 0.717) is 0 Å². The minimum atomic E-state index is 0.792. The molecule has 0 radical (unpaired) electrons. The molecule has 0 amide bonds.